The van der Waals surface area contributed by atoms with Crippen molar-refractivity contribution in [1.29, 1.82) is 0 Å². The van der Waals surface area contributed by atoms with Gasteiger partial charge in [-0.25, -0.2) is 13.1 Å². The Morgan fingerprint density at radius 2 is 1.58 bits per heavy atom. The Balaban J connectivity index is 1.56. The third-order valence-electron chi connectivity index (χ3n) is 6.44. The first-order chi connectivity index (χ1) is 15.9. The normalized spacial score (nSPS) is 20.6. The number of likely N-dealkylation sites (tertiary alicyclic amines) is 1. The second-order valence-corrected chi connectivity index (χ2v) is 10.1. The number of ether oxygens (including phenoxy) is 2. The van der Waals surface area contributed by atoms with E-state index in [1.54, 1.807) is 36.4 Å². The van der Waals surface area contributed by atoms with Gasteiger partial charge in [-0.3, -0.25) is 14.5 Å². The molecule has 1 heterocycles. The van der Waals surface area contributed by atoms with Crippen molar-refractivity contribution in [1.82, 2.24) is 9.62 Å². The van der Waals surface area contributed by atoms with Crippen LogP contribution < -0.4 is 14.2 Å². The highest BCUT2D eigenvalue weighted by Gasteiger charge is 2.47. The van der Waals surface area contributed by atoms with Crippen LogP contribution in [0.25, 0.3) is 0 Å². The zero-order valence-corrected chi connectivity index (χ0v) is 19.6. The minimum Gasteiger partial charge on any atom is -0.496 e. The summed E-state index contributed by atoms with van der Waals surface area (Å²) in [7, 11) is -1.03. The molecule has 2 fully saturated rings. The minimum absolute atomic E-state index is 0.0339. The molecule has 176 valence electrons. The van der Waals surface area contributed by atoms with E-state index in [4.69, 9.17) is 9.47 Å². The first kappa shape index (κ1) is 23.3. The first-order valence-corrected chi connectivity index (χ1v) is 12.5. The van der Waals surface area contributed by atoms with Crippen molar-refractivity contribution < 1.29 is 27.5 Å². The van der Waals surface area contributed by atoms with E-state index in [9.17, 15) is 18.0 Å². The van der Waals surface area contributed by atoms with Crippen molar-refractivity contribution in [3.8, 4) is 11.5 Å². The zero-order valence-electron chi connectivity index (χ0n) is 18.7. The van der Waals surface area contributed by atoms with Crippen LogP contribution in [0.5, 0.6) is 11.5 Å². The van der Waals surface area contributed by atoms with Crippen molar-refractivity contribution in [3.63, 3.8) is 0 Å². The second-order valence-electron chi connectivity index (χ2n) is 8.38. The number of carbonyl (C=O) groups excluding carboxylic acids is 2. The molecule has 2 aliphatic rings. The van der Waals surface area contributed by atoms with Gasteiger partial charge < -0.3 is 9.47 Å². The maximum absolute atomic E-state index is 13.1. The molecule has 0 bridgehead atoms. The molecular formula is C24H28N2O6S. The molecule has 0 aromatic heterocycles. The van der Waals surface area contributed by atoms with Crippen LogP contribution in [-0.4, -0.2) is 39.4 Å². The number of nitrogens with one attached hydrogen (secondary N) is 1. The number of amides is 2. The van der Waals surface area contributed by atoms with Gasteiger partial charge in [-0.2, -0.15) is 0 Å². The number of para-hydroxylation sites is 1. The fourth-order valence-corrected chi connectivity index (χ4v) is 5.92. The van der Waals surface area contributed by atoms with Crippen molar-refractivity contribution in [3.05, 3.63) is 53.6 Å². The number of hydrogen-bond donors (Lipinski definition) is 1. The summed E-state index contributed by atoms with van der Waals surface area (Å²) in [6.45, 7) is 0.0792. The van der Waals surface area contributed by atoms with E-state index in [1.807, 2.05) is 0 Å². The van der Waals surface area contributed by atoms with Crippen LogP contribution >= 0.6 is 0 Å². The summed E-state index contributed by atoms with van der Waals surface area (Å²) in [5.74, 6) is -0.0312. The SMILES string of the molecule is COc1ccccc1CNS(=O)(=O)c1cc(CN2C(=O)[C@@H]3CCCC[C@H]3C2=O)ccc1OC. The van der Waals surface area contributed by atoms with Crippen LogP contribution in [0.1, 0.15) is 36.8 Å². The monoisotopic (exact) mass is 472 g/mol. The molecule has 2 aromatic carbocycles. The number of rotatable bonds is 8. The van der Waals surface area contributed by atoms with E-state index in [2.05, 4.69) is 4.72 Å². The quantitative estimate of drug-likeness (QED) is 0.593. The van der Waals surface area contributed by atoms with E-state index < -0.39 is 10.0 Å². The maximum Gasteiger partial charge on any atom is 0.244 e. The fourth-order valence-electron chi connectivity index (χ4n) is 4.70. The Morgan fingerprint density at radius 3 is 2.21 bits per heavy atom. The Hall–Kier alpha value is -2.91. The molecule has 2 aromatic rings. The Bertz CT molecular complexity index is 1140. The summed E-state index contributed by atoms with van der Waals surface area (Å²) in [5.41, 5.74) is 1.24. The molecule has 2 atom stereocenters. The highest BCUT2D eigenvalue weighted by Crippen LogP contribution is 2.39. The molecule has 0 radical (unpaired) electrons. The van der Waals surface area contributed by atoms with Crippen molar-refractivity contribution in [2.45, 2.75) is 43.7 Å². The molecule has 8 nitrogen and oxygen atoms in total. The molecule has 1 aliphatic carbocycles. The third-order valence-corrected chi connectivity index (χ3v) is 7.86. The summed E-state index contributed by atoms with van der Waals surface area (Å²) in [6.07, 6.45) is 3.38. The Labute approximate surface area is 193 Å². The molecule has 2 amide bonds. The summed E-state index contributed by atoms with van der Waals surface area (Å²) < 4.78 is 39.4. The maximum atomic E-state index is 13.1. The number of fused-ring (bicyclic) bond motifs is 1. The number of sulfonamides is 1. The van der Waals surface area contributed by atoms with Crippen LogP contribution in [0.4, 0.5) is 0 Å². The Kier molecular flexibility index (Phi) is 6.71. The lowest BCUT2D eigenvalue weighted by atomic mass is 9.81. The van der Waals surface area contributed by atoms with Gasteiger partial charge in [0.1, 0.15) is 16.4 Å². The van der Waals surface area contributed by atoms with Crippen molar-refractivity contribution >= 4 is 21.8 Å². The van der Waals surface area contributed by atoms with Gasteiger partial charge in [-0.05, 0) is 36.6 Å². The molecule has 0 unspecified atom stereocenters. The average molecular weight is 473 g/mol. The lowest BCUT2D eigenvalue weighted by Crippen LogP contribution is -2.30. The zero-order chi connectivity index (χ0) is 23.6. The largest absolute Gasteiger partial charge is 0.496 e. The number of hydrogen-bond acceptors (Lipinski definition) is 6. The molecular weight excluding hydrogens is 444 g/mol. The highest BCUT2D eigenvalue weighted by atomic mass is 32.2. The molecule has 1 aliphatic heterocycles. The van der Waals surface area contributed by atoms with Crippen molar-refractivity contribution in [2.24, 2.45) is 11.8 Å². The third kappa shape index (κ3) is 4.60. The Morgan fingerprint density at radius 1 is 0.939 bits per heavy atom. The first-order valence-electron chi connectivity index (χ1n) is 11.0. The number of imide groups is 1. The lowest BCUT2D eigenvalue weighted by Gasteiger charge is -2.19. The summed E-state index contributed by atoms with van der Waals surface area (Å²) >= 11 is 0. The van der Waals surface area contributed by atoms with Gasteiger partial charge >= 0.3 is 0 Å². The summed E-state index contributed by atoms with van der Waals surface area (Å²) in [5, 5.41) is 0. The van der Waals surface area contributed by atoms with E-state index in [0.717, 1.165) is 25.7 Å². The predicted molar refractivity (Wildman–Crippen MR) is 121 cm³/mol. The topological polar surface area (TPSA) is 102 Å². The van der Waals surface area contributed by atoms with E-state index in [-0.39, 0.29) is 47.4 Å². The average Bonchev–Trinajstić information content (AvgIpc) is 3.08. The van der Waals surface area contributed by atoms with E-state index in [0.29, 0.717) is 16.9 Å². The van der Waals surface area contributed by atoms with Gasteiger partial charge in [-0.15, -0.1) is 0 Å². The second kappa shape index (κ2) is 9.52. The molecule has 9 heteroatoms. The van der Waals surface area contributed by atoms with Crippen LogP contribution in [0.15, 0.2) is 47.4 Å². The molecule has 33 heavy (non-hydrogen) atoms. The van der Waals surface area contributed by atoms with E-state index >= 15 is 0 Å². The molecule has 0 spiro atoms. The van der Waals surface area contributed by atoms with Gasteiger partial charge in [0.05, 0.1) is 32.6 Å². The van der Waals surface area contributed by atoms with Gasteiger partial charge in [0.15, 0.2) is 0 Å². The molecule has 1 saturated heterocycles. The number of nitrogens with zero attached hydrogens (tertiary/aromatic N) is 1. The molecule has 1 saturated carbocycles. The minimum atomic E-state index is -3.95. The van der Waals surface area contributed by atoms with Gasteiger partial charge in [0.25, 0.3) is 0 Å². The summed E-state index contributed by atoms with van der Waals surface area (Å²) in [4.78, 5) is 26.9. The lowest BCUT2D eigenvalue weighted by molar-refractivity contribution is -0.140. The smallest absolute Gasteiger partial charge is 0.244 e. The van der Waals surface area contributed by atoms with E-state index in [1.165, 1.54) is 25.2 Å². The van der Waals surface area contributed by atoms with Crippen LogP contribution in [0.3, 0.4) is 0 Å². The van der Waals surface area contributed by atoms with Crippen LogP contribution in [0, 0.1) is 11.8 Å². The fraction of sp³-hybridized carbons (Fsp3) is 0.417. The number of carbonyl (C=O) groups is 2. The van der Waals surface area contributed by atoms with Gasteiger partial charge in [0.2, 0.25) is 21.8 Å². The number of methoxy groups -OCH3 is 2. The number of benzene rings is 2. The standard InChI is InChI=1S/C24H28N2O6S/c1-31-20-10-6-3-7-17(20)14-25-33(29,30)22-13-16(11-12-21(22)32-2)15-26-23(27)18-8-4-5-9-19(18)24(26)28/h3,6-7,10-13,18-19,25H,4-5,8-9,14-15H2,1-2H3/t18-,19-/m1/s1. The van der Waals surface area contributed by atoms with Crippen LogP contribution in [-0.2, 0) is 32.7 Å². The van der Waals surface area contributed by atoms with Crippen LogP contribution in [0.2, 0.25) is 0 Å². The molecule has 4 rings (SSSR count). The van der Waals surface area contributed by atoms with Gasteiger partial charge in [0, 0.05) is 12.1 Å². The van der Waals surface area contributed by atoms with Gasteiger partial charge in [-0.1, -0.05) is 37.1 Å². The summed E-state index contributed by atoms with van der Waals surface area (Å²) in [6, 6.07) is 11.8. The highest BCUT2D eigenvalue weighted by molar-refractivity contribution is 7.89. The predicted octanol–water partition coefficient (Wildman–Crippen LogP) is 2.86. The van der Waals surface area contributed by atoms with Crippen molar-refractivity contribution in [2.75, 3.05) is 14.2 Å². The molecule has 1 N–H and O–H groups in total.